The summed E-state index contributed by atoms with van der Waals surface area (Å²) in [4.78, 5) is 0. The number of hydrogen-bond acceptors (Lipinski definition) is 3. The summed E-state index contributed by atoms with van der Waals surface area (Å²) in [5.41, 5.74) is -0.0226. The van der Waals surface area contributed by atoms with Crippen molar-refractivity contribution in [3.8, 4) is 0 Å². The predicted octanol–water partition coefficient (Wildman–Crippen LogP) is 2.29. The van der Waals surface area contributed by atoms with Crippen LogP contribution >= 0.6 is 11.8 Å². The van der Waals surface area contributed by atoms with Crippen molar-refractivity contribution in [1.29, 1.82) is 0 Å². The highest BCUT2D eigenvalue weighted by molar-refractivity contribution is 8.00. The van der Waals surface area contributed by atoms with Gasteiger partial charge in [-0.3, -0.25) is 0 Å². The molecule has 0 aliphatic carbocycles. The molecule has 0 amide bonds. The Morgan fingerprint density at radius 3 is 2.71 bits per heavy atom. The van der Waals surface area contributed by atoms with Crippen molar-refractivity contribution >= 4 is 11.8 Å². The standard InChI is InChI=1S/C11H23NOS/c1-5-13-11(3,4)8-12-10-6-9(2)14-7-10/h9-10,12H,5-8H2,1-4H3. The molecule has 1 aliphatic heterocycles. The number of hydrogen-bond donors (Lipinski definition) is 1. The van der Waals surface area contributed by atoms with Gasteiger partial charge in [0.05, 0.1) is 5.60 Å². The van der Waals surface area contributed by atoms with Crippen LogP contribution in [0.25, 0.3) is 0 Å². The van der Waals surface area contributed by atoms with E-state index in [4.69, 9.17) is 4.74 Å². The Morgan fingerprint density at radius 1 is 1.50 bits per heavy atom. The summed E-state index contributed by atoms with van der Waals surface area (Å²) < 4.78 is 5.65. The third-order valence-corrected chi connectivity index (χ3v) is 3.91. The minimum atomic E-state index is -0.0226. The number of rotatable bonds is 5. The molecule has 1 fully saturated rings. The highest BCUT2D eigenvalue weighted by Gasteiger charge is 2.24. The van der Waals surface area contributed by atoms with Crippen LogP contribution in [0.5, 0.6) is 0 Å². The fraction of sp³-hybridized carbons (Fsp3) is 1.00. The van der Waals surface area contributed by atoms with Gasteiger partial charge in [-0.2, -0.15) is 11.8 Å². The molecule has 1 heterocycles. The monoisotopic (exact) mass is 217 g/mol. The van der Waals surface area contributed by atoms with E-state index in [1.165, 1.54) is 12.2 Å². The van der Waals surface area contributed by atoms with E-state index in [0.29, 0.717) is 6.04 Å². The Balaban J connectivity index is 2.19. The maximum atomic E-state index is 5.65. The molecule has 3 heteroatoms. The normalized spacial score (nSPS) is 28.3. The molecule has 1 rings (SSSR count). The van der Waals surface area contributed by atoms with Crippen molar-refractivity contribution in [2.24, 2.45) is 0 Å². The van der Waals surface area contributed by atoms with Crippen molar-refractivity contribution < 1.29 is 4.74 Å². The lowest BCUT2D eigenvalue weighted by atomic mass is 10.1. The summed E-state index contributed by atoms with van der Waals surface area (Å²) in [5.74, 6) is 1.25. The Morgan fingerprint density at radius 2 is 2.21 bits per heavy atom. The molecule has 1 saturated heterocycles. The SMILES string of the molecule is CCOC(C)(C)CNC1CSC(C)C1. The van der Waals surface area contributed by atoms with E-state index >= 15 is 0 Å². The molecule has 0 aromatic rings. The molecule has 1 aliphatic rings. The van der Waals surface area contributed by atoms with Gasteiger partial charge in [-0.15, -0.1) is 0 Å². The average Bonchev–Trinajstić information content (AvgIpc) is 2.48. The molecule has 0 spiro atoms. The molecule has 0 radical (unpaired) electrons. The van der Waals surface area contributed by atoms with E-state index in [-0.39, 0.29) is 5.60 Å². The number of nitrogens with one attached hydrogen (secondary N) is 1. The van der Waals surface area contributed by atoms with Crippen molar-refractivity contribution in [3.63, 3.8) is 0 Å². The summed E-state index contributed by atoms with van der Waals surface area (Å²) in [6.07, 6.45) is 1.30. The number of ether oxygens (including phenoxy) is 1. The Bertz CT molecular complexity index is 173. The molecule has 2 nitrogen and oxygen atoms in total. The fourth-order valence-corrected chi connectivity index (χ4v) is 2.97. The third kappa shape index (κ3) is 4.20. The van der Waals surface area contributed by atoms with Crippen LogP contribution in [-0.4, -0.2) is 35.8 Å². The number of thioether (sulfide) groups is 1. The van der Waals surface area contributed by atoms with Gasteiger partial charge in [0.15, 0.2) is 0 Å². The maximum Gasteiger partial charge on any atom is 0.0750 e. The van der Waals surface area contributed by atoms with Gasteiger partial charge in [0.25, 0.3) is 0 Å². The van der Waals surface area contributed by atoms with E-state index in [2.05, 4.69) is 44.8 Å². The smallest absolute Gasteiger partial charge is 0.0750 e. The molecule has 0 aromatic carbocycles. The van der Waals surface area contributed by atoms with E-state index in [9.17, 15) is 0 Å². The molecule has 0 aromatic heterocycles. The van der Waals surface area contributed by atoms with E-state index in [0.717, 1.165) is 18.4 Å². The zero-order valence-corrected chi connectivity index (χ0v) is 10.6. The Hall–Kier alpha value is 0.270. The quantitative estimate of drug-likeness (QED) is 0.763. The van der Waals surface area contributed by atoms with Crippen LogP contribution in [0.2, 0.25) is 0 Å². The van der Waals surface area contributed by atoms with Gasteiger partial charge in [0.1, 0.15) is 0 Å². The van der Waals surface area contributed by atoms with Crippen LogP contribution in [0.1, 0.15) is 34.1 Å². The van der Waals surface area contributed by atoms with Crippen LogP contribution < -0.4 is 5.32 Å². The first kappa shape index (κ1) is 12.3. The molecule has 0 saturated carbocycles. The van der Waals surface area contributed by atoms with Gasteiger partial charge in [0, 0.05) is 30.2 Å². The summed E-state index contributed by atoms with van der Waals surface area (Å²) in [6.45, 7) is 10.4. The first-order valence-electron chi connectivity index (χ1n) is 5.52. The second kappa shape index (κ2) is 5.38. The second-order valence-electron chi connectivity index (χ2n) is 4.65. The van der Waals surface area contributed by atoms with Crippen LogP contribution in [0.3, 0.4) is 0 Å². The lowest BCUT2D eigenvalue weighted by molar-refractivity contribution is -0.0102. The molecule has 0 bridgehead atoms. The lowest BCUT2D eigenvalue weighted by Crippen LogP contribution is -2.42. The van der Waals surface area contributed by atoms with Crippen LogP contribution in [0.4, 0.5) is 0 Å². The molecule has 1 N–H and O–H groups in total. The first-order chi connectivity index (χ1) is 6.53. The minimum absolute atomic E-state index is 0.0226. The van der Waals surface area contributed by atoms with Gasteiger partial charge < -0.3 is 10.1 Å². The zero-order valence-electron chi connectivity index (χ0n) is 9.80. The summed E-state index contributed by atoms with van der Waals surface area (Å²) in [5, 5.41) is 4.41. The summed E-state index contributed by atoms with van der Waals surface area (Å²) in [6, 6.07) is 0.690. The van der Waals surface area contributed by atoms with Crippen LogP contribution in [0, 0.1) is 0 Å². The predicted molar refractivity (Wildman–Crippen MR) is 64.0 cm³/mol. The zero-order chi connectivity index (χ0) is 10.6. The second-order valence-corrected chi connectivity index (χ2v) is 6.12. The third-order valence-electron chi connectivity index (χ3n) is 2.55. The van der Waals surface area contributed by atoms with Gasteiger partial charge >= 0.3 is 0 Å². The van der Waals surface area contributed by atoms with Gasteiger partial charge in [-0.1, -0.05) is 6.92 Å². The van der Waals surface area contributed by atoms with Crippen LogP contribution in [0.15, 0.2) is 0 Å². The maximum absolute atomic E-state index is 5.65. The molecule has 2 atom stereocenters. The Labute approximate surface area is 92.2 Å². The highest BCUT2D eigenvalue weighted by Crippen LogP contribution is 2.26. The Kier molecular flexibility index (Phi) is 4.74. The molecule has 84 valence electrons. The molecular weight excluding hydrogens is 194 g/mol. The topological polar surface area (TPSA) is 21.3 Å². The van der Waals surface area contributed by atoms with Gasteiger partial charge in [-0.25, -0.2) is 0 Å². The molecular formula is C11H23NOS. The minimum Gasteiger partial charge on any atom is -0.375 e. The fourth-order valence-electron chi connectivity index (χ4n) is 1.79. The first-order valence-corrected chi connectivity index (χ1v) is 6.57. The van der Waals surface area contributed by atoms with E-state index in [1.807, 2.05) is 0 Å². The summed E-state index contributed by atoms with van der Waals surface area (Å²) >= 11 is 2.07. The van der Waals surface area contributed by atoms with Crippen LogP contribution in [-0.2, 0) is 4.74 Å². The average molecular weight is 217 g/mol. The van der Waals surface area contributed by atoms with Crippen molar-refractivity contribution in [1.82, 2.24) is 5.32 Å². The largest absolute Gasteiger partial charge is 0.375 e. The molecule has 2 unspecified atom stereocenters. The lowest BCUT2D eigenvalue weighted by Gasteiger charge is -2.26. The van der Waals surface area contributed by atoms with Crippen molar-refractivity contribution in [2.75, 3.05) is 18.9 Å². The van der Waals surface area contributed by atoms with Gasteiger partial charge in [0.2, 0.25) is 0 Å². The molecule has 14 heavy (non-hydrogen) atoms. The van der Waals surface area contributed by atoms with Crippen molar-refractivity contribution in [2.45, 2.75) is 51.0 Å². The van der Waals surface area contributed by atoms with E-state index in [1.54, 1.807) is 0 Å². The van der Waals surface area contributed by atoms with E-state index < -0.39 is 0 Å². The van der Waals surface area contributed by atoms with Gasteiger partial charge in [-0.05, 0) is 27.2 Å². The highest BCUT2D eigenvalue weighted by atomic mass is 32.2. The van der Waals surface area contributed by atoms with Crippen molar-refractivity contribution in [3.05, 3.63) is 0 Å². The summed E-state index contributed by atoms with van der Waals surface area (Å²) in [7, 11) is 0.